The smallest absolute Gasteiger partial charge is 0.393 e. The number of aliphatic hydroxyl groups excluding tert-OH is 1. The van der Waals surface area contributed by atoms with Crippen molar-refractivity contribution in [3.8, 4) is 0 Å². The molecule has 1 saturated heterocycles. The van der Waals surface area contributed by atoms with Crippen molar-refractivity contribution < 1.29 is 18.3 Å². The zero-order valence-electron chi connectivity index (χ0n) is 5.86. The van der Waals surface area contributed by atoms with Crippen LogP contribution >= 0.6 is 0 Å². The Bertz CT molecular complexity index is 136. The first-order chi connectivity index (χ1) is 5.05. The van der Waals surface area contributed by atoms with Crippen LogP contribution < -0.4 is 5.32 Å². The van der Waals surface area contributed by atoms with E-state index in [0.717, 1.165) is 0 Å². The Kier molecular flexibility index (Phi) is 2.39. The number of hydrogen-bond donors (Lipinski definition) is 2. The number of alkyl halides is 3. The zero-order valence-corrected chi connectivity index (χ0v) is 5.86. The lowest BCUT2D eigenvalue weighted by molar-refractivity contribution is -0.178. The molecule has 5 heteroatoms. The van der Waals surface area contributed by atoms with Crippen LogP contribution in [-0.2, 0) is 0 Å². The molecular formula is C6H10F3NO. The van der Waals surface area contributed by atoms with Gasteiger partial charge in [0.2, 0.25) is 0 Å². The largest absolute Gasteiger partial charge is 0.395 e. The third-order valence-corrected chi connectivity index (χ3v) is 1.96. The maximum absolute atomic E-state index is 12.0. The molecule has 1 fully saturated rings. The average molecular weight is 169 g/mol. The topological polar surface area (TPSA) is 32.3 Å². The Morgan fingerprint density at radius 3 is 2.45 bits per heavy atom. The van der Waals surface area contributed by atoms with Gasteiger partial charge in [-0.25, -0.2) is 0 Å². The van der Waals surface area contributed by atoms with Gasteiger partial charge in [-0.2, -0.15) is 13.2 Å². The lowest BCUT2D eigenvalue weighted by Gasteiger charge is -2.19. The molecule has 0 aromatic rings. The van der Waals surface area contributed by atoms with E-state index >= 15 is 0 Å². The third kappa shape index (κ3) is 1.84. The predicted molar refractivity (Wildman–Crippen MR) is 33.0 cm³/mol. The molecule has 0 saturated carbocycles. The van der Waals surface area contributed by atoms with Gasteiger partial charge in [-0.3, -0.25) is 0 Å². The van der Waals surface area contributed by atoms with Gasteiger partial charge in [0.15, 0.2) is 0 Å². The summed E-state index contributed by atoms with van der Waals surface area (Å²) < 4.78 is 36.1. The standard InChI is InChI=1S/C6H10F3NO/c7-6(8,9)4-1-2-10-5(4)3-11/h4-5,10-11H,1-3H2. The Hall–Kier alpha value is -0.290. The summed E-state index contributed by atoms with van der Waals surface area (Å²) in [4.78, 5) is 0. The number of rotatable bonds is 1. The van der Waals surface area contributed by atoms with Crippen molar-refractivity contribution in [3.05, 3.63) is 0 Å². The van der Waals surface area contributed by atoms with Crippen molar-refractivity contribution in [1.29, 1.82) is 0 Å². The summed E-state index contributed by atoms with van der Waals surface area (Å²) in [7, 11) is 0. The van der Waals surface area contributed by atoms with E-state index in [0.29, 0.717) is 6.54 Å². The molecule has 1 heterocycles. The molecule has 0 aromatic carbocycles. The fraction of sp³-hybridized carbons (Fsp3) is 1.00. The Balaban J connectivity index is 2.57. The summed E-state index contributed by atoms with van der Waals surface area (Å²) >= 11 is 0. The quantitative estimate of drug-likeness (QED) is 0.599. The van der Waals surface area contributed by atoms with Crippen molar-refractivity contribution >= 4 is 0 Å². The maximum atomic E-state index is 12.0. The van der Waals surface area contributed by atoms with Crippen LogP contribution in [-0.4, -0.2) is 30.5 Å². The van der Waals surface area contributed by atoms with E-state index in [2.05, 4.69) is 5.32 Å². The molecule has 2 nitrogen and oxygen atoms in total. The number of halogens is 3. The van der Waals surface area contributed by atoms with E-state index in [1.165, 1.54) is 0 Å². The molecule has 66 valence electrons. The van der Waals surface area contributed by atoms with Gasteiger partial charge in [0.1, 0.15) is 0 Å². The summed E-state index contributed by atoms with van der Waals surface area (Å²) in [6.45, 7) is -0.0976. The Labute approximate surface area is 62.4 Å². The molecule has 11 heavy (non-hydrogen) atoms. The van der Waals surface area contributed by atoms with Crippen molar-refractivity contribution in [3.63, 3.8) is 0 Å². The van der Waals surface area contributed by atoms with E-state index in [-0.39, 0.29) is 6.42 Å². The molecule has 1 aliphatic heterocycles. The molecule has 0 amide bonds. The minimum atomic E-state index is -4.17. The van der Waals surface area contributed by atoms with Gasteiger partial charge in [-0.1, -0.05) is 0 Å². The molecule has 2 unspecified atom stereocenters. The second-order valence-corrected chi connectivity index (χ2v) is 2.68. The molecule has 2 atom stereocenters. The second kappa shape index (κ2) is 2.98. The molecule has 0 spiro atoms. The molecule has 2 N–H and O–H groups in total. The normalized spacial score (nSPS) is 32.7. The summed E-state index contributed by atoms with van der Waals surface area (Å²) in [6.07, 6.45) is -4.09. The minimum absolute atomic E-state index is 0.0781. The van der Waals surface area contributed by atoms with Crippen LogP contribution in [0.25, 0.3) is 0 Å². The van der Waals surface area contributed by atoms with Gasteiger partial charge in [0.05, 0.1) is 12.5 Å². The fourth-order valence-corrected chi connectivity index (χ4v) is 1.35. The highest BCUT2D eigenvalue weighted by Crippen LogP contribution is 2.33. The van der Waals surface area contributed by atoms with Crippen LogP contribution in [0.15, 0.2) is 0 Å². The highest BCUT2D eigenvalue weighted by atomic mass is 19.4. The van der Waals surface area contributed by atoms with Crippen LogP contribution in [0.1, 0.15) is 6.42 Å². The lowest BCUT2D eigenvalue weighted by Crippen LogP contribution is -2.38. The van der Waals surface area contributed by atoms with Crippen LogP contribution in [0.2, 0.25) is 0 Å². The molecule has 0 aliphatic carbocycles. The number of aliphatic hydroxyl groups is 1. The van der Waals surface area contributed by atoms with Gasteiger partial charge in [-0.05, 0) is 13.0 Å². The molecule has 1 aliphatic rings. The van der Waals surface area contributed by atoms with Crippen molar-refractivity contribution in [1.82, 2.24) is 5.32 Å². The van der Waals surface area contributed by atoms with Crippen LogP contribution in [0.5, 0.6) is 0 Å². The molecule has 0 aromatic heterocycles. The van der Waals surface area contributed by atoms with Gasteiger partial charge in [0, 0.05) is 6.04 Å². The summed E-state index contributed by atoms with van der Waals surface area (Å²) in [5.41, 5.74) is 0. The minimum Gasteiger partial charge on any atom is -0.395 e. The molecule has 0 bridgehead atoms. The molecule has 1 rings (SSSR count). The van der Waals surface area contributed by atoms with Gasteiger partial charge in [-0.15, -0.1) is 0 Å². The van der Waals surface area contributed by atoms with Gasteiger partial charge >= 0.3 is 6.18 Å². The van der Waals surface area contributed by atoms with E-state index < -0.39 is 24.7 Å². The SMILES string of the molecule is OCC1NCCC1C(F)(F)F. The summed E-state index contributed by atoms with van der Waals surface area (Å²) in [5.74, 6) is -1.37. The number of hydrogen-bond acceptors (Lipinski definition) is 2. The van der Waals surface area contributed by atoms with E-state index in [1.807, 2.05) is 0 Å². The monoisotopic (exact) mass is 169 g/mol. The van der Waals surface area contributed by atoms with E-state index in [9.17, 15) is 13.2 Å². The van der Waals surface area contributed by atoms with Crippen LogP contribution in [0, 0.1) is 5.92 Å². The Morgan fingerprint density at radius 2 is 2.09 bits per heavy atom. The van der Waals surface area contributed by atoms with Gasteiger partial charge in [0.25, 0.3) is 0 Å². The van der Waals surface area contributed by atoms with Crippen molar-refractivity contribution in [2.75, 3.05) is 13.2 Å². The Morgan fingerprint density at radius 1 is 1.45 bits per heavy atom. The number of nitrogens with one attached hydrogen (secondary N) is 1. The molecule has 0 radical (unpaired) electrons. The van der Waals surface area contributed by atoms with Crippen molar-refractivity contribution in [2.24, 2.45) is 5.92 Å². The first-order valence-electron chi connectivity index (χ1n) is 3.46. The zero-order chi connectivity index (χ0) is 8.48. The maximum Gasteiger partial charge on any atom is 0.393 e. The fourth-order valence-electron chi connectivity index (χ4n) is 1.35. The van der Waals surface area contributed by atoms with Crippen LogP contribution in [0.4, 0.5) is 13.2 Å². The predicted octanol–water partition coefficient (Wildman–Crippen LogP) is 0.519. The molecular weight excluding hydrogens is 159 g/mol. The second-order valence-electron chi connectivity index (χ2n) is 2.68. The summed E-state index contributed by atoms with van der Waals surface area (Å²) in [6, 6.07) is -0.796. The van der Waals surface area contributed by atoms with Crippen LogP contribution in [0.3, 0.4) is 0 Å². The van der Waals surface area contributed by atoms with E-state index in [4.69, 9.17) is 5.11 Å². The first kappa shape index (κ1) is 8.80. The highest BCUT2D eigenvalue weighted by Gasteiger charge is 2.46. The first-order valence-corrected chi connectivity index (χ1v) is 3.46. The average Bonchev–Trinajstić information content (AvgIpc) is 2.31. The summed E-state index contributed by atoms with van der Waals surface area (Å²) in [5, 5.41) is 11.1. The van der Waals surface area contributed by atoms with E-state index in [1.54, 1.807) is 0 Å². The highest BCUT2D eigenvalue weighted by molar-refractivity contribution is 4.87. The third-order valence-electron chi connectivity index (χ3n) is 1.96. The van der Waals surface area contributed by atoms with Gasteiger partial charge < -0.3 is 10.4 Å². The lowest BCUT2D eigenvalue weighted by atomic mass is 10.0. The van der Waals surface area contributed by atoms with Crippen molar-refractivity contribution in [2.45, 2.75) is 18.6 Å².